The predicted molar refractivity (Wildman–Crippen MR) is 78.0 cm³/mol. The van der Waals surface area contributed by atoms with Gasteiger partial charge >= 0.3 is 5.97 Å². The molecule has 0 saturated carbocycles. The van der Waals surface area contributed by atoms with Gasteiger partial charge in [-0.3, -0.25) is 9.69 Å². The number of benzene rings is 1. The Labute approximate surface area is 128 Å². The zero-order chi connectivity index (χ0) is 15.7. The van der Waals surface area contributed by atoms with Crippen LogP contribution in [0, 0.1) is 0 Å². The molecular weight excluding hydrogens is 286 g/mol. The molecule has 6 nitrogen and oxygen atoms in total. The second-order valence-electron chi connectivity index (χ2n) is 6.01. The molecule has 120 valence electrons. The number of esters is 1. The van der Waals surface area contributed by atoms with Gasteiger partial charge in [-0.1, -0.05) is 30.3 Å². The Balaban J connectivity index is 1.62. The SMILES string of the molecule is O=C(Cc1ccccc1)OC1CCN2CC(O)C(O)C(O)C12. The van der Waals surface area contributed by atoms with E-state index in [4.69, 9.17) is 4.74 Å². The summed E-state index contributed by atoms with van der Waals surface area (Å²) in [6, 6.07) is 8.88. The molecule has 2 aliphatic heterocycles. The van der Waals surface area contributed by atoms with Gasteiger partial charge < -0.3 is 20.1 Å². The van der Waals surface area contributed by atoms with Gasteiger partial charge in [0, 0.05) is 13.1 Å². The van der Waals surface area contributed by atoms with Crippen molar-refractivity contribution >= 4 is 5.97 Å². The first-order valence-electron chi connectivity index (χ1n) is 7.58. The van der Waals surface area contributed by atoms with Crippen LogP contribution in [-0.4, -0.2) is 69.7 Å². The number of carbonyl (C=O) groups excluding carboxylic acids is 1. The Bertz CT molecular complexity index is 523. The minimum absolute atomic E-state index is 0.186. The van der Waals surface area contributed by atoms with Crippen LogP contribution in [-0.2, 0) is 16.0 Å². The van der Waals surface area contributed by atoms with E-state index in [-0.39, 0.29) is 18.9 Å². The maximum absolute atomic E-state index is 12.1. The lowest BCUT2D eigenvalue weighted by Gasteiger charge is -2.41. The molecule has 2 saturated heterocycles. The molecule has 22 heavy (non-hydrogen) atoms. The van der Waals surface area contributed by atoms with Crippen molar-refractivity contribution in [1.29, 1.82) is 0 Å². The molecule has 1 aromatic rings. The molecule has 2 heterocycles. The normalized spacial score (nSPS) is 35.1. The molecule has 3 N–H and O–H groups in total. The highest BCUT2D eigenvalue weighted by Crippen LogP contribution is 2.30. The summed E-state index contributed by atoms with van der Waals surface area (Å²) < 4.78 is 5.51. The van der Waals surface area contributed by atoms with Gasteiger partial charge in [-0.25, -0.2) is 0 Å². The molecule has 0 aromatic heterocycles. The highest BCUT2D eigenvalue weighted by atomic mass is 16.5. The van der Waals surface area contributed by atoms with Crippen LogP contribution in [0.2, 0.25) is 0 Å². The van der Waals surface area contributed by atoms with E-state index >= 15 is 0 Å². The zero-order valence-corrected chi connectivity index (χ0v) is 12.2. The summed E-state index contributed by atoms with van der Waals surface area (Å²) in [6.45, 7) is 0.921. The third-order valence-electron chi connectivity index (χ3n) is 4.49. The summed E-state index contributed by atoms with van der Waals surface area (Å²) >= 11 is 0. The van der Waals surface area contributed by atoms with E-state index in [9.17, 15) is 20.1 Å². The van der Waals surface area contributed by atoms with Crippen LogP contribution < -0.4 is 0 Å². The molecule has 2 fully saturated rings. The van der Waals surface area contributed by atoms with Gasteiger partial charge in [0.2, 0.25) is 0 Å². The molecule has 0 bridgehead atoms. The van der Waals surface area contributed by atoms with Crippen molar-refractivity contribution in [2.75, 3.05) is 13.1 Å². The van der Waals surface area contributed by atoms with Gasteiger partial charge in [-0.2, -0.15) is 0 Å². The molecule has 0 aliphatic carbocycles. The maximum Gasteiger partial charge on any atom is 0.310 e. The Morgan fingerprint density at radius 3 is 2.64 bits per heavy atom. The van der Waals surface area contributed by atoms with E-state index in [1.807, 2.05) is 35.2 Å². The minimum atomic E-state index is -1.20. The number of carbonyl (C=O) groups is 1. The topological polar surface area (TPSA) is 90.2 Å². The molecule has 5 unspecified atom stereocenters. The quantitative estimate of drug-likeness (QED) is 0.641. The Hall–Kier alpha value is -1.47. The van der Waals surface area contributed by atoms with Gasteiger partial charge in [-0.05, 0) is 12.0 Å². The first-order valence-corrected chi connectivity index (χ1v) is 7.58. The van der Waals surface area contributed by atoms with Gasteiger partial charge in [0.25, 0.3) is 0 Å². The minimum Gasteiger partial charge on any atom is -0.460 e. The van der Waals surface area contributed by atoms with Gasteiger partial charge in [0.1, 0.15) is 18.3 Å². The molecule has 2 aliphatic rings. The fourth-order valence-electron chi connectivity index (χ4n) is 3.38. The van der Waals surface area contributed by atoms with E-state index in [0.717, 1.165) is 5.56 Å². The average molecular weight is 307 g/mol. The Morgan fingerprint density at radius 1 is 1.18 bits per heavy atom. The fourth-order valence-corrected chi connectivity index (χ4v) is 3.38. The highest BCUT2D eigenvalue weighted by Gasteiger charge is 2.49. The van der Waals surface area contributed by atoms with Crippen LogP contribution >= 0.6 is 0 Å². The number of hydrogen-bond donors (Lipinski definition) is 3. The number of nitrogens with zero attached hydrogens (tertiary/aromatic N) is 1. The van der Waals surface area contributed by atoms with E-state index in [2.05, 4.69) is 0 Å². The Kier molecular flexibility index (Phi) is 4.44. The van der Waals surface area contributed by atoms with E-state index in [1.165, 1.54) is 0 Å². The van der Waals surface area contributed by atoms with Crippen LogP contribution in [0.15, 0.2) is 30.3 Å². The summed E-state index contributed by atoms with van der Waals surface area (Å²) in [5, 5.41) is 29.7. The average Bonchev–Trinajstić information content (AvgIpc) is 2.88. The lowest BCUT2D eigenvalue weighted by Crippen LogP contribution is -2.61. The molecule has 0 amide bonds. The number of aliphatic hydroxyl groups is 3. The van der Waals surface area contributed by atoms with Crippen molar-refractivity contribution < 1.29 is 24.9 Å². The molecule has 6 heteroatoms. The van der Waals surface area contributed by atoms with Crippen LogP contribution in [0.3, 0.4) is 0 Å². The van der Waals surface area contributed by atoms with E-state index in [1.54, 1.807) is 0 Å². The van der Waals surface area contributed by atoms with Gasteiger partial charge in [0.05, 0.1) is 18.6 Å². The number of piperidine rings is 1. The van der Waals surface area contributed by atoms with Crippen molar-refractivity contribution in [3.05, 3.63) is 35.9 Å². The lowest BCUT2D eigenvalue weighted by molar-refractivity contribution is -0.164. The van der Waals surface area contributed by atoms with Gasteiger partial charge in [-0.15, -0.1) is 0 Å². The number of fused-ring (bicyclic) bond motifs is 1. The summed E-state index contributed by atoms with van der Waals surface area (Å²) in [5.74, 6) is -0.342. The second-order valence-corrected chi connectivity index (χ2v) is 6.01. The van der Waals surface area contributed by atoms with Gasteiger partial charge in [0.15, 0.2) is 0 Å². The number of ether oxygens (including phenoxy) is 1. The summed E-state index contributed by atoms with van der Waals surface area (Å²) in [6.07, 6.45) is -2.94. The van der Waals surface area contributed by atoms with Crippen molar-refractivity contribution in [3.63, 3.8) is 0 Å². The summed E-state index contributed by atoms with van der Waals surface area (Å²) in [5.41, 5.74) is 0.877. The van der Waals surface area contributed by atoms with Crippen LogP contribution in [0.25, 0.3) is 0 Å². The third-order valence-corrected chi connectivity index (χ3v) is 4.49. The number of hydrogen-bond acceptors (Lipinski definition) is 6. The number of aliphatic hydroxyl groups excluding tert-OH is 3. The molecule has 5 atom stereocenters. The Morgan fingerprint density at radius 2 is 1.91 bits per heavy atom. The standard InChI is InChI=1S/C16H21NO5/c18-11-9-17-7-6-12(14(17)16(21)15(11)20)22-13(19)8-10-4-2-1-3-5-10/h1-5,11-12,14-16,18,20-21H,6-9H2. The zero-order valence-electron chi connectivity index (χ0n) is 12.2. The first-order chi connectivity index (χ1) is 10.6. The van der Waals surface area contributed by atoms with E-state index in [0.29, 0.717) is 13.0 Å². The van der Waals surface area contributed by atoms with Crippen molar-refractivity contribution in [1.82, 2.24) is 4.90 Å². The highest BCUT2D eigenvalue weighted by molar-refractivity contribution is 5.72. The molecule has 3 rings (SSSR count). The van der Waals surface area contributed by atoms with Crippen LogP contribution in [0.1, 0.15) is 12.0 Å². The molecule has 0 spiro atoms. The second kappa shape index (κ2) is 6.34. The van der Waals surface area contributed by atoms with Crippen LogP contribution in [0.5, 0.6) is 0 Å². The van der Waals surface area contributed by atoms with Crippen molar-refractivity contribution in [2.24, 2.45) is 0 Å². The van der Waals surface area contributed by atoms with Crippen molar-refractivity contribution in [3.8, 4) is 0 Å². The largest absolute Gasteiger partial charge is 0.460 e. The fraction of sp³-hybridized carbons (Fsp3) is 0.562. The summed E-state index contributed by atoms with van der Waals surface area (Å²) in [7, 11) is 0. The smallest absolute Gasteiger partial charge is 0.310 e. The van der Waals surface area contributed by atoms with Crippen LogP contribution in [0.4, 0.5) is 0 Å². The monoisotopic (exact) mass is 307 g/mol. The number of rotatable bonds is 3. The lowest BCUT2D eigenvalue weighted by atomic mass is 9.93. The predicted octanol–water partition coefficient (Wildman–Crippen LogP) is -0.689. The molecule has 0 radical (unpaired) electrons. The van der Waals surface area contributed by atoms with E-state index < -0.39 is 30.5 Å². The van der Waals surface area contributed by atoms with Crippen molar-refractivity contribution in [2.45, 2.75) is 43.3 Å². The molecular formula is C16H21NO5. The maximum atomic E-state index is 12.1. The summed E-state index contributed by atoms with van der Waals surface area (Å²) in [4.78, 5) is 13.9. The molecule has 1 aromatic carbocycles. The third kappa shape index (κ3) is 3.01. The first kappa shape index (κ1) is 15.4.